The summed E-state index contributed by atoms with van der Waals surface area (Å²) in [5.41, 5.74) is 1.80. The van der Waals surface area contributed by atoms with Crippen LogP contribution in [0.25, 0.3) is 11.6 Å². The molecule has 0 radical (unpaired) electrons. The summed E-state index contributed by atoms with van der Waals surface area (Å²) < 4.78 is 1.87. The number of nitrogens with one attached hydrogen (secondary N) is 1. The first kappa shape index (κ1) is 14.6. The van der Waals surface area contributed by atoms with Crippen molar-refractivity contribution in [2.45, 2.75) is 39.0 Å². The van der Waals surface area contributed by atoms with E-state index in [4.69, 9.17) is 0 Å². The Kier molecular flexibility index (Phi) is 3.60. The van der Waals surface area contributed by atoms with Crippen LogP contribution in [0.4, 0.5) is 0 Å². The van der Waals surface area contributed by atoms with Crippen molar-refractivity contribution in [3.63, 3.8) is 0 Å². The van der Waals surface area contributed by atoms with Crippen LogP contribution < -0.4 is 5.56 Å². The van der Waals surface area contributed by atoms with Crippen LogP contribution in [0.1, 0.15) is 49.8 Å². The van der Waals surface area contributed by atoms with Crippen molar-refractivity contribution in [2.24, 2.45) is 5.92 Å². The molecule has 6 nitrogen and oxygen atoms in total. The number of aromatic amines is 1. The number of aliphatic carboxylic acids is 1. The van der Waals surface area contributed by atoms with Crippen molar-refractivity contribution in [1.29, 1.82) is 0 Å². The monoisotopic (exact) mass is 301 g/mol. The van der Waals surface area contributed by atoms with Gasteiger partial charge in [0.1, 0.15) is 11.3 Å². The largest absolute Gasteiger partial charge is 0.481 e. The Labute approximate surface area is 127 Å². The molecule has 0 amide bonds. The highest BCUT2D eigenvalue weighted by Gasteiger charge is 2.25. The van der Waals surface area contributed by atoms with Gasteiger partial charge in [-0.05, 0) is 18.9 Å². The number of imidazole rings is 1. The van der Waals surface area contributed by atoms with E-state index in [2.05, 4.69) is 23.8 Å². The average molecular weight is 301 g/mol. The van der Waals surface area contributed by atoms with Crippen LogP contribution in [0.2, 0.25) is 0 Å². The highest BCUT2D eigenvalue weighted by molar-refractivity contribution is 5.76. The normalized spacial score (nSPS) is 17.1. The van der Waals surface area contributed by atoms with Gasteiger partial charge in [-0.15, -0.1) is 0 Å². The molecule has 2 N–H and O–H groups in total. The SMILES string of the molecule is CCC(CC)c1ncc2c(=O)[nH]c3c(n12)CC(C(=O)O)C=C3. The van der Waals surface area contributed by atoms with Gasteiger partial charge in [0.15, 0.2) is 0 Å². The van der Waals surface area contributed by atoms with Crippen molar-refractivity contribution in [3.05, 3.63) is 39.8 Å². The fourth-order valence-electron chi connectivity index (χ4n) is 3.13. The minimum absolute atomic E-state index is 0.193. The number of hydrogen-bond acceptors (Lipinski definition) is 3. The predicted octanol–water partition coefficient (Wildman–Crippen LogP) is 2.20. The molecule has 0 aliphatic heterocycles. The van der Waals surface area contributed by atoms with Crippen molar-refractivity contribution >= 4 is 17.6 Å². The Bertz CT molecular complexity index is 812. The summed E-state index contributed by atoms with van der Waals surface area (Å²) in [4.78, 5) is 30.8. The maximum Gasteiger partial charge on any atom is 0.310 e. The minimum atomic E-state index is -0.856. The molecule has 1 atom stereocenters. The summed E-state index contributed by atoms with van der Waals surface area (Å²) in [5, 5.41) is 9.26. The third kappa shape index (κ3) is 2.15. The van der Waals surface area contributed by atoms with E-state index in [0.29, 0.717) is 17.6 Å². The fraction of sp³-hybridized carbons (Fsp3) is 0.438. The third-order valence-electron chi connectivity index (χ3n) is 4.43. The van der Waals surface area contributed by atoms with Gasteiger partial charge >= 0.3 is 5.97 Å². The molecule has 0 saturated heterocycles. The van der Waals surface area contributed by atoms with Gasteiger partial charge in [0.2, 0.25) is 0 Å². The van der Waals surface area contributed by atoms with Gasteiger partial charge in [0, 0.05) is 18.0 Å². The molecule has 3 rings (SSSR count). The molecule has 0 aromatic carbocycles. The van der Waals surface area contributed by atoms with Crippen molar-refractivity contribution in [2.75, 3.05) is 0 Å². The molecule has 1 aliphatic carbocycles. The number of aromatic nitrogens is 3. The maximum atomic E-state index is 12.2. The van der Waals surface area contributed by atoms with Crippen LogP contribution in [0.3, 0.4) is 0 Å². The predicted molar refractivity (Wildman–Crippen MR) is 83.0 cm³/mol. The van der Waals surface area contributed by atoms with E-state index in [1.54, 1.807) is 18.3 Å². The minimum Gasteiger partial charge on any atom is -0.481 e. The first-order valence-electron chi connectivity index (χ1n) is 7.60. The van der Waals surface area contributed by atoms with E-state index < -0.39 is 11.9 Å². The molecule has 0 spiro atoms. The van der Waals surface area contributed by atoms with Gasteiger partial charge in [-0.25, -0.2) is 4.98 Å². The van der Waals surface area contributed by atoms with Crippen molar-refractivity contribution in [3.8, 4) is 0 Å². The standard InChI is InChI=1S/C16H19N3O3/c1-3-9(4-2)14-17-8-13-15(20)18-11-6-5-10(16(21)22)7-12(11)19(13)14/h5-6,8-10H,3-4,7H2,1-2H3,(H,18,20)(H,21,22). The Balaban J connectivity index is 2.27. The molecule has 0 bridgehead atoms. The van der Waals surface area contributed by atoms with Gasteiger partial charge in [-0.1, -0.05) is 19.9 Å². The lowest BCUT2D eigenvalue weighted by molar-refractivity contribution is -0.140. The van der Waals surface area contributed by atoms with Crippen LogP contribution in [0, 0.1) is 5.92 Å². The zero-order valence-corrected chi connectivity index (χ0v) is 12.7. The molecule has 1 unspecified atom stereocenters. The van der Waals surface area contributed by atoms with Crippen LogP contribution in [-0.2, 0) is 11.2 Å². The maximum absolute atomic E-state index is 12.2. The number of rotatable bonds is 4. The first-order chi connectivity index (χ1) is 10.6. The summed E-state index contributed by atoms with van der Waals surface area (Å²) in [5.74, 6) is -0.326. The Morgan fingerprint density at radius 1 is 1.50 bits per heavy atom. The summed E-state index contributed by atoms with van der Waals surface area (Å²) in [6, 6.07) is 0. The second kappa shape index (κ2) is 5.44. The zero-order valence-electron chi connectivity index (χ0n) is 12.7. The molecule has 22 heavy (non-hydrogen) atoms. The van der Waals surface area contributed by atoms with Crippen molar-refractivity contribution in [1.82, 2.24) is 14.4 Å². The molecule has 2 aromatic heterocycles. The average Bonchev–Trinajstić information content (AvgIpc) is 2.94. The summed E-state index contributed by atoms with van der Waals surface area (Å²) in [6.07, 6.45) is 7.11. The lowest BCUT2D eigenvalue weighted by Crippen LogP contribution is -2.24. The number of nitrogens with zero attached hydrogens (tertiary/aromatic N) is 2. The second-order valence-corrected chi connectivity index (χ2v) is 5.67. The van der Waals surface area contributed by atoms with Crippen molar-refractivity contribution < 1.29 is 9.90 Å². The number of carboxylic acid groups (broad SMARTS) is 1. The van der Waals surface area contributed by atoms with Gasteiger partial charge in [0.05, 0.1) is 17.8 Å². The van der Waals surface area contributed by atoms with E-state index >= 15 is 0 Å². The van der Waals surface area contributed by atoms with Crippen LogP contribution in [-0.4, -0.2) is 25.4 Å². The molecule has 6 heteroatoms. The molecule has 2 aromatic rings. The number of carbonyl (C=O) groups is 1. The van der Waals surface area contributed by atoms with E-state index in [9.17, 15) is 14.7 Å². The third-order valence-corrected chi connectivity index (χ3v) is 4.43. The van der Waals surface area contributed by atoms with Gasteiger partial charge in [-0.2, -0.15) is 0 Å². The number of hydrogen-bond donors (Lipinski definition) is 2. The van der Waals surface area contributed by atoms with E-state index in [1.165, 1.54) is 0 Å². The van der Waals surface area contributed by atoms with E-state index in [1.807, 2.05) is 4.40 Å². The van der Waals surface area contributed by atoms with Gasteiger partial charge in [0.25, 0.3) is 5.56 Å². The topological polar surface area (TPSA) is 87.5 Å². The highest BCUT2D eigenvalue weighted by Crippen LogP contribution is 2.27. The molecule has 0 saturated carbocycles. The van der Waals surface area contributed by atoms with Crippen LogP contribution >= 0.6 is 0 Å². The van der Waals surface area contributed by atoms with Gasteiger partial charge < -0.3 is 10.1 Å². The smallest absolute Gasteiger partial charge is 0.310 e. The fourth-order valence-corrected chi connectivity index (χ4v) is 3.13. The molecule has 0 fully saturated rings. The zero-order chi connectivity index (χ0) is 15.9. The molecule has 1 aliphatic rings. The lowest BCUT2D eigenvalue weighted by atomic mass is 9.95. The Hall–Kier alpha value is -2.37. The molecular formula is C16H19N3O3. The highest BCUT2D eigenvalue weighted by atomic mass is 16.4. The van der Waals surface area contributed by atoms with E-state index in [0.717, 1.165) is 24.4 Å². The summed E-state index contributed by atoms with van der Waals surface area (Å²) in [7, 11) is 0. The summed E-state index contributed by atoms with van der Waals surface area (Å²) in [6.45, 7) is 4.18. The number of H-pyrrole nitrogens is 1. The first-order valence-corrected chi connectivity index (χ1v) is 7.60. The van der Waals surface area contributed by atoms with E-state index in [-0.39, 0.29) is 11.5 Å². The number of fused-ring (bicyclic) bond motifs is 3. The van der Waals surface area contributed by atoms with Gasteiger partial charge in [-0.3, -0.25) is 14.0 Å². The van der Waals surface area contributed by atoms with Crippen LogP contribution in [0.15, 0.2) is 17.1 Å². The second-order valence-electron chi connectivity index (χ2n) is 5.67. The lowest BCUT2D eigenvalue weighted by Gasteiger charge is -2.20. The quantitative estimate of drug-likeness (QED) is 0.906. The number of carboxylic acids is 1. The molecule has 2 heterocycles. The molecule has 116 valence electrons. The summed E-state index contributed by atoms with van der Waals surface area (Å²) >= 11 is 0. The Morgan fingerprint density at radius 3 is 2.86 bits per heavy atom. The molecular weight excluding hydrogens is 282 g/mol. The van der Waals surface area contributed by atoms with Crippen LogP contribution in [0.5, 0.6) is 0 Å². The Morgan fingerprint density at radius 2 is 2.23 bits per heavy atom.